The highest BCUT2D eigenvalue weighted by atomic mass is 16.5. The topological polar surface area (TPSA) is 149 Å². The summed E-state index contributed by atoms with van der Waals surface area (Å²) in [6.07, 6.45) is -1.36. The lowest BCUT2D eigenvalue weighted by molar-refractivity contribution is -0.143. The summed E-state index contributed by atoms with van der Waals surface area (Å²) in [6.45, 7) is 0. The van der Waals surface area contributed by atoms with Crippen molar-refractivity contribution in [1.29, 1.82) is 0 Å². The molecule has 2 atom stereocenters. The standard InChI is InChI=1S/C15H17N3O6/c1-24-11-5-2-9(3-6-11)13(20)14(21)18-12(15(22)23)7-4-10(19)8-17-16/h2-3,5-6,8,12-13,20H,4,7H2,1H3,(H,18,21)(H,22,23). The summed E-state index contributed by atoms with van der Waals surface area (Å²) < 4.78 is 4.96. The Kier molecular flexibility index (Phi) is 7.28. The minimum Gasteiger partial charge on any atom is -0.497 e. The van der Waals surface area contributed by atoms with Gasteiger partial charge in [-0.05, 0) is 24.1 Å². The van der Waals surface area contributed by atoms with Crippen molar-refractivity contribution >= 4 is 23.9 Å². The molecule has 0 heterocycles. The molecule has 0 saturated heterocycles. The second kappa shape index (κ2) is 9.19. The number of nitrogens with zero attached hydrogens (tertiary/aromatic N) is 2. The molecule has 0 aliphatic heterocycles. The monoisotopic (exact) mass is 335 g/mol. The maximum absolute atomic E-state index is 12.0. The number of amides is 1. The van der Waals surface area contributed by atoms with Crippen LogP contribution in [0, 0.1) is 0 Å². The Labute approximate surface area is 137 Å². The number of hydrogen-bond acceptors (Lipinski definition) is 5. The van der Waals surface area contributed by atoms with Crippen molar-refractivity contribution in [1.82, 2.24) is 5.32 Å². The minimum absolute atomic E-state index is 0.207. The lowest BCUT2D eigenvalue weighted by atomic mass is 10.1. The number of ketones is 1. The van der Waals surface area contributed by atoms with Gasteiger partial charge in [0.15, 0.2) is 6.10 Å². The van der Waals surface area contributed by atoms with Crippen LogP contribution in [0.25, 0.3) is 5.53 Å². The second-order valence-electron chi connectivity index (χ2n) is 4.82. The number of methoxy groups -OCH3 is 1. The van der Waals surface area contributed by atoms with Crippen LogP contribution in [-0.2, 0) is 14.4 Å². The van der Waals surface area contributed by atoms with Gasteiger partial charge in [-0.25, -0.2) is 4.79 Å². The molecule has 2 unspecified atom stereocenters. The van der Waals surface area contributed by atoms with Crippen molar-refractivity contribution in [2.45, 2.75) is 25.0 Å². The highest BCUT2D eigenvalue weighted by molar-refractivity contribution is 6.25. The van der Waals surface area contributed by atoms with Gasteiger partial charge in [0.1, 0.15) is 11.8 Å². The highest BCUT2D eigenvalue weighted by Crippen LogP contribution is 2.18. The van der Waals surface area contributed by atoms with Gasteiger partial charge in [-0.15, -0.1) is 0 Å². The smallest absolute Gasteiger partial charge is 0.326 e. The maximum atomic E-state index is 12.0. The molecular weight excluding hydrogens is 318 g/mol. The van der Waals surface area contributed by atoms with E-state index in [1.807, 2.05) is 0 Å². The fourth-order valence-corrected chi connectivity index (χ4v) is 1.86. The number of rotatable bonds is 9. The molecule has 9 heteroatoms. The predicted octanol–water partition coefficient (Wildman–Crippen LogP) is -0.0521. The summed E-state index contributed by atoms with van der Waals surface area (Å²) in [7, 11) is 1.47. The fraction of sp³-hybridized carbons (Fsp3) is 0.333. The molecule has 1 aromatic carbocycles. The van der Waals surface area contributed by atoms with E-state index < -0.39 is 29.8 Å². The fourth-order valence-electron chi connectivity index (χ4n) is 1.86. The predicted molar refractivity (Wildman–Crippen MR) is 81.4 cm³/mol. The number of carbonyl (C=O) groups is 3. The average molecular weight is 335 g/mol. The molecule has 0 spiro atoms. The third-order valence-electron chi connectivity index (χ3n) is 3.18. The zero-order valence-corrected chi connectivity index (χ0v) is 12.9. The summed E-state index contributed by atoms with van der Waals surface area (Å²) in [5.41, 5.74) is 8.48. The van der Waals surface area contributed by atoms with E-state index in [4.69, 9.17) is 15.4 Å². The van der Waals surface area contributed by atoms with Gasteiger partial charge in [0.2, 0.25) is 5.78 Å². The molecule has 9 nitrogen and oxygen atoms in total. The Morgan fingerprint density at radius 3 is 2.46 bits per heavy atom. The third kappa shape index (κ3) is 5.64. The molecule has 1 amide bonds. The van der Waals surface area contributed by atoms with Gasteiger partial charge in [0.05, 0.1) is 7.11 Å². The lowest BCUT2D eigenvalue weighted by Crippen LogP contribution is -2.43. The minimum atomic E-state index is -1.56. The Morgan fingerprint density at radius 1 is 1.33 bits per heavy atom. The summed E-state index contributed by atoms with van der Waals surface area (Å²) in [5.74, 6) is -2.30. The molecule has 0 fully saturated rings. The molecule has 0 saturated carbocycles. The number of benzene rings is 1. The van der Waals surface area contributed by atoms with Crippen LogP contribution in [0.15, 0.2) is 24.3 Å². The lowest BCUT2D eigenvalue weighted by Gasteiger charge is -2.17. The van der Waals surface area contributed by atoms with E-state index in [0.29, 0.717) is 12.0 Å². The van der Waals surface area contributed by atoms with E-state index >= 15 is 0 Å². The Balaban J connectivity index is 2.70. The summed E-state index contributed by atoms with van der Waals surface area (Å²) in [5, 5.41) is 21.2. The van der Waals surface area contributed by atoms with Crippen LogP contribution in [-0.4, -0.2) is 52.0 Å². The van der Waals surface area contributed by atoms with Crippen LogP contribution in [0.2, 0.25) is 0 Å². The van der Waals surface area contributed by atoms with Crippen LogP contribution < -0.4 is 10.1 Å². The third-order valence-corrected chi connectivity index (χ3v) is 3.18. The Morgan fingerprint density at radius 2 is 1.96 bits per heavy atom. The van der Waals surface area contributed by atoms with Crippen molar-refractivity contribution in [3.05, 3.63) is 35.4 Å². The molecule has 3 N–H and O–H groups in total. The van der Waals surface area contributed by atoms with Crippen molar-refractivity contribution < 1.29 is 34.1 Å². The van der Waals surface area contributed by atoms with Gasteiger partial charge in [-0.3, -0.25) is 9.59 Å². The number of carboxylic acids is 1. The first-order valence-electron chi connectivity index (χ1n) is 6.94. The maximum Gasteiger partial charge on any atom is 0.326 e. The number of hydrogen-bond donors (Lipinski definition) is 3. The zero-order valence-electron chi connectivity index (χ0n) is 12.9. The van der Waals surface area contributed by atoms with Crippen LogP contribution in [0.4, 0.5) is 0 Å². The molecule has 0 radical (unpaired) electrons. The molecule has 0 aliphatic rings. The van der Waals surface area contributed by atoms with E-state index in [-0.39, 0.29) is 18.4 Å². The molecule has 1 aromatic rings. The second-order valence-corrected chi connectivity index (χ2v) is 4.82. The van der Waals surface area contributed by atoms with Crippen LogP contribution >= 0.6 is 0 Å². The van der Waals surface area contributed by atoms with Gasteiger partial charge >= 0.3 is 12.2 Å². The number of carboxylic acid groups (broad SMARTS) is 1. The normalized spacial score (nSPS) is 12.4. The largest absolute Gasteiger partial charge is 0.497 e. The quantitative estimate of drug-likeness (QED) is 0.327. The Bertz CT molecular complexity index is 652. The molecule has 1 rings (SSSR count). The van der Waals surface area contributed by atoms with Crippen LogP contribution in [0.3, 0.4) is 0 Å². The van der Waals surface area contributed by atoms with Crippen LogP contribution in [0.5, 0.6) is 5.75 Å². The average Bonchev–Trinajstić information content (AvgIpc) is 2.57. The number of aliphatic hydroxyl groups is 1. The summed E-state index contributed by atoms with van der Waals surface area (Å²) in [4.78, 5) is 36.9. The van der Waals surface area contributed by atoms with E-state index in [1.54, 1.807) is 12.1 Å². The van der Waals surface area contributed by atoms with E-state index in [0.717, 1.165) is 0 Å². The van der Waals surface area contributed by atoms with Crippen molar-refractivity contribution in [3.63, 3.8) is 0 Å². The molecule has 128 valence electrons. The number of Topliss-reactive ketones (excluding diaryl/α,β-unsaturated/α-hetero) is 1. The van der Waals surface area contributed by atoms with Gasteiger partial charge < -0.3 is 25.8 Å². The summed E-state index contributed by atoms with van der Waals surface area (Å²) in [6, 6.07) is 4.68. The van der Waals surface area contributed by atoms with E-state index in [9.17, 15) is 19.5 Å². The molecule has 0 aromatic heterocycles. The molecule has 0 aliphatic carbocycles. The SMILES string of the molecule is COc1ccc(C(O)C(=O)NC(CCC(=O)C=[N+]=[N-])C(=O)O)cc1. The van der Waals surface area contributed by atoms with Crippen molar-refractivity contribution in [2.75, 3.05) is 7.11 Å². The van der Waals surface area contributed by atoms with Crippen molar-refractivity contribution in [2.24, 2.45) is 0 Å². The zero-order chi connectivity index (χ0) is 18.1. The van der Waals surface area contributed by atoms with E-state index in [1.165, 1.54) is 19.2 Å². The number of aliphatic hydroxyl groups excluding tert-OH is 1. The molecule has 24 heavy (non-hydrogen) atoms. The van der Waals surface area contributed by atoms with Gasteiger partial charge in [0, 0.05) is 6.42 Å². The number of carbonyl (C=O) groups excluding carboxylic acids is 2. The van der Waals surface area contributed by atoms with Crippen molar-refractivity contribution in [3.8, 4) is 5.75 Å². The Hall–Kier alpha value is -3.03. The first-order chi connectivity index (χ1) is 11.4. The number of ether oxygens (including phenoxy) is 1. The highest BCUT2D eigenvalue weighted by Gasteiger charge is 2.25. The number of nitrogens with one attached hydrogen (secondary N) is 1. The molecule has 0 bridgehead atoms. The first-order valence-corrected chi connectivity index (χ1v) is 6.94. The van der Waals surface area contributed by atoms with Gasteiger partial charge in [0.25, 0.3) is 5.91 Å². The van der Waals surface area contributed by atoms with Gasteiger partial charge in [-0.2, -0.15) is 4.79 Å². The van der Waals surface area contributed by atoms with Crippen LogP contribution in [0.1, 0.15) is 24.5 Å². The first kappa shape index (κ1) is 19.0. The number of aliphatic carboxylic acids is 1. The summed E-state index contributed by atoms with van der Waals surface area (Å²) >= 11 is 0. The van der Waals surface area contributed by atoms with E-state index in [2.05, 4.69) is 10.1 Å². The molecular formula is C15H17N3O6. The van der Waals surface area contributed by atoms with Gasteiger partial charge in [-0.1, -0.05) is 12.1 Å².